The molecule has 1 aromatic rings. The van der Waals surface area contributed by atoms with Crippen LogP contribution in [0.25, 0.3) is 0 Å². The van der Waals surface area contributed by atoms with E-state index in [2.05, 4.69) is 10.0 Å². The van der Waals surface area contributed by atoms with Crippen LogP contribution in [0.4, 0.5) is 0 Å². The molecule has 0 unspecified atom stereocenters. The van der Waals surface area contributed by atoms with E-state index >= 15 is 0 Å². The molecule has 0 aliphatic rings. The molecule has 0 aliphatic heterocycles. The number of sulfonamides is 1. The quantitative estimate of drug-likeness (QED) is 0.757. The van der Waals surface area contributed by atoms with E-state index in [1.54, 1.807) is 12.1 Å². The Labute approximate surface area is 114 Å². The molecule has 18 heavy (non-hydrogen) atoms. The van der Waals surface area contributed by atoms with Gasteiger partial charge in [-0.05, 0) is 31.2 Å². The van der Waals surface area contributed by atoms with Crippen LogP contribution in [0.5, 0.6) is 0 Å². The summed E-state index contributed by atoms with van der Waals surface area (Å²) in [7, 11) is -1.71. The van der Waals surface area contributed by atoms with Gasteiger partial charge in [0.1, 0.15) is 4.90 Å². The molecule has 0 radical (unpaired) electrons. The van der Waals surface area contributed by atoms with Crippen LogP contribution in [0.2, 0.25) is 5.02 Å². The summed E-state index contributed by atoms with van der Waals surface area (Å²) < 4.78 is 26.7. The first-order valence-electron chi connectivity index (χ1n) is 5.94. The van der Waals surface area contributed by atoms with Gasteiger partial charge in [0.2, 0.25) is 10.0 Å². The molecule has 1 rings (SSSR count). The summed E-state index contributed by atoms with van der Waals surface area (Å²) in [5.74, 6) is 0. The standard InChI is InChI=1S/C12H19ClN2O2S/c1-3-4-7-15-18(16,17)12-8-10(9-14-2)5-6-11(12)13/h5-6,8,14-15H,3-4,7,9H2,1-2H3. The van der Waals surface area contributed by atoms with Crippen LogP contribution in [0.1, 0.15) is 25.3 Å². The predicted molar refractivity (Wildman–Crippen MR) is 74.3 cm³/mol. The lowest BCUT2D eigenvalue weighted by Gasteiger charge is -2.09. The number of nitrogens with one attached hydrogen (secondary N) is 2. The normalized spacial score (nSPS) is 11.7. The summed E-state index contributed by atoms with van der Waals surface area (Å²) in [4.78, 5) is 0.146. The van der Waals surface area contributed by atoms with Crippen LogP contribution in [0, 0.1) is 0 Å². The van der Waals surface area contributed by atoms with Gasteiger partial charge >= 0.3 is 0 Å². The molecule has 6 heteroatoms. The summed E-state index contributed by atoms with van der Waals surface area (Å²) in [6.07, 6.45) is 1.75. The van der Waals surface area contributed by atoms with E-state index in [1.165, 1.54) is 0 Å². The Morgan fingerprint density at radius 2 is 2.06 bits per heavy atom. The molecule has 0 saturated carbocycles. The third-order valence-corrected chi connectivity index (χ3v) is 4.43. The van der Waals surface area contributed by atoms with E-state index < -0.39 is 10.0 Å². The van der Waals surface area contributed by atoms with Crippen LogP contribution in [0.3, 0.4) is 0 Å². The molecule has 0 bridgehead atoms. The van der Waals surface area contributed by atoms with Gasteiger partial charge in [0.05, 0.1) is 5.02 Å². The third-order valence-electron chi connectivity index (χ3n) is 2.49. The van der Waals surface area contributed by atoms with Crippen molar-refractivity contribution in [1.82, 2.24) is 10.0 Å². The van der Waals surface area contributed by atoms with Crippen molar-refractivity contribution in [2.24, 2.45) is 0 Å². The fourth-order valence-corrected chi connectivity index (χ4v) is 3.15. The first kappa shape index (κ1) is 15.4. The van der Waals surface area contributed by atoms with Crippen molar-refractivity contribution in [3.8, 4) is 0 Å². The molecular weight excluding hydrogens is 272 g/mol. The minimum absolute atomic E-state index is 0.146. The number of benzene rings is 1. The lowest BCUT2D eigenvalue weighted by molar-refractivity contribution is 0.578. The highest BCUT2D eigenvalue weighted by Crippen LogP contribution is 2.22. The van der Waals surface area contributed by atoms with Crippen molar-refractivity contribution in [3.63, 3.8) is 0 Å². The van der Waals surface area contributed by atoms with E-state index in [4.69, 9.17) is 11.6 Å². The van der Waals surface area contributed by atoms with Gasteiger partial charge in [0, 0.05) is 13.1 Å². The van der Waals surface area contributed by atoms with Crippen molar-refractivity contribution < 1.29 is 8.42 Å². The van der Waals surface area contributed by atoms with E-state index in [9.17, 15) is 8.42 Å². The third kappa shape index (κ3) is 4.24. The molecule has 0 spiro atoms. The monoisotopic (exact) mass is 290 g/mol. The Morgan fingerprint density at radius 3 is 2.67 bits per heavy atom. The van der Waals surface area contributed by atoms with Gasteiger partial charge in [0.25, 0.3) is 0 Å². The van der Waals surface area contributed by atoms with Gasteiger partial charge in [0.15, 0.2) is 0 Å². The Hall–Kier alpha value is -0.620. The molecule has 0 fully saturated rings. The Kier molecular flexibility index (Phi) is 6.08. The van der Waals surface area contributed by atoms with E-state index in [0.29, 0.717) is 13.1 Å². The average Bonchev–Trinajstić information content (AvgIpc) is 2.32. The van der Waals surface area contributed by atoms with Gasteiger partial charge in [-0.2, -0.15) is 0 Å². The molecule has 0 heterocycles. The summed E-state index contributed by atoms with van der Waals surface area (Å²) >= 11 is 5.95. The van der Waals surface area contributed by atoms with Crippen LogP contribution in [-0.2, 0) is 16.6 Å². The van der Waals surface area contributed by atoms with Crippen LogP contribution >= 0.6 is 11.6 Å². The lowest BCUT2D eigenvalue weighted by atomic mass is 10.2. The highest BCUT2D eigenvalue weighted by atomic mass is 35.5. The van der Waals surface area contributed by atoms with Crippen molar-refractivity contribution in [2.75, 3.05) is 13.6 Å². The van der Waals surface area contributed by atoms with Gasteiger partial charge in [-0.1, -0.05) is 31.0 Å². The average molecular weight is 291 g/mol. The maximum atomic E-state index is 12.1. The number of halogens is 1. The van der Waals surface area contributed by atoms with Gasteiger partial charge in [-0.3, -0.25) is 0 Å². The Morgan fingerprint density at radius 1 is 1.33 bits per heavy atom. The second kappa shape index (κ2) is 7.09. The van der Waals surface area contributed by atoms with Crippen LogP contribution in [0.15, 0.2) is 23.1 Å². The molecule has 0 saturated heterocycles. The topological polar surface area (TPSA) is 58.2 Å². The second-order valence-corrected chi connectivity index (χ2v) is 6.19. The Balaban J connectivity index is 2.95. The zero-order valence-electron chi connectivity index (χ0n) is 10.7. The molecule has 0 amide bonds. The molecule has 0 atom stereocenters. The predicted octanol–water partition coefficient (Wildman–Crippen LogP) is 2.14. The zero-order chi connectivity index (χ0) is 13.6. The molecular formula is C12H19ClN2O2S. The minimum Gasteiger partial charge on any atom is -0.316 e. The number of unbranched alkanes of at least 4 members (excludes halogenated alkanes) is 1. The van der Waals surface area contributed by atoms with E-state index in [0.717, 1.165) is 18.4 Å². The highest BCUT2D eigenvalue weighted by molar-refractivity contribution is 7.89. The zero-order valence-corrected chi connectivity index (χ0v) is 12.2. The van der Waals surface area contributed by atoms with Crippen molar-refractivity contribution in [2.45, 2.75) is 31.2 Å². The van der Waals surface area contributed by atoms with Crippen LogP contribution < -0.4 is 10.0 Å². The summed E-state index contributed by atoms with van der Waals surface area (Å²) in [5.41, 5.74) is 0.887. The number of hydrogen-bond acceptors (Lipinski definition) is 3. The van der Waals surface area contributed by atoms with Gasteiger partial charge < -0.3 is 5.32 Å². The summed E-state index contributed by atoms with van der Waals surface area (Å²) in [5, 5.41) is 3.23. The Bertz CT molecular complexity index is 489. The SMILES string of the molecule is CCCCNS(=O)(=O)c1cc(CNC)ccc1Cl. The molecule has 102 valence electrons. The smallest absolute Gasteiger partial charge is 0.242 e. The van der Waals surface area contributed by atoms with Crippen LogP contribution in [-0.4, -0.2) is 22.0 Å². The van der Waals surface area contributed by atoms with E-state index in [-0.39, 0.29) is 9.92 Å². The van der Waals surface area contributed by atoms with Gasteiger partial charge in [-0.15, -0.1) is 0 Å². The lowest BCUT2D eigenvalue weighted by Crippen LogP contribution is -2.25. The molecule has 0 aromatic heterocycles. The number of hydrogen-bond donors (Lipinski definition) is 2. The molecule has 0 aliphatic carbocycles. The van der Waals surface area contributed by atoms with Crippen molar-refractivity contribution >= 4 is 21.6 Å². The fraction of sp³-hybridized carbons (Fsp3) is 0.500. The highest BCUT2D eigenvalue weighted by Gasteiger charge is 2.17. The fourth-order valence-electron chi connectivity index (χ4n) is 1.53. The summed E-state index contributed by atoms with van der Waals surface area (Å²) in [6, 6.07) is 5.03. The minimum atomic E-state index is -3.51. The molecule has 2 N–H and O–H groups in total. The maximum absolute atomic E-state index is 12.1. The number of rotatable bonds is 7. The van der Waals surface area contributed by atoms with Crippen molar-refractivity contribution in [1.29, 1.82) is 0 Å². The van der Waals surface area contributed by atoms with Gasteiger partial charge in [-0.25, -0.2) is 13.1 Å². The largest absolute Gasteiger partial charge is 0.316 e. The summed E-state index contributed by atoms with van der Waals surface area (Å²) in [6.45, 7) is 3.05. The second-order valence-electron chi connectivity index (χ2n) is 4.05. The van der Waals surface area contributed by atoms with E-state index in [1.807, 2.05) is 20.0 Å². The molecule has 4 nitrogen and oxygen atoms in total. The first-order chi connectivity index (χ1) is 8.51. The first-order valence-corrected chi connectivity index (χ1v) is 7.80. The van der Waals surface area contributed by atoms with Crippen molar-refractivity contribution in [3.05, 3.63) is 28.8 Å². The molecule has 1 aromatic carbocycles. The maximum Gasteiger partial charge on any atom is 0.242 e.